The Morgan fingerprint density at radius 1 is 0.574 bits per heavy atom. The van der Waals surface area contributed by atoms with Crippen LogP contribution in [0.5, 0.6) is 0 Å². The van der Waals surface area contributed by atoms with Crippen LogP contribution in [0.2, 0.25) is 0 Å². The fourth-order valence-corrected chi connectivity index (χ4v) is 6.15. The van der Waals surface area contributed by atoms with E-state index in [1.54, 1.807) is 0 Å². The summed E-state index contributed by atoms with van der Waals surface area (Å²) < 4.78 is 33.8. The molecule has 0 aromatic rings. The van der Waals surface area contributed by atoms with Crippen molar-refractivity contribution in [2.75, 3.05) is 47.5 Å². The van der Waals surface area contributed by atoms with Crippen molar-refractivity contribution < 1.29 is 42.1 Å². The summed E-state index contributed by atoms with van der Waals surface area (Å²) >= 11 is 0. The van der Waals surface area contributed by atoms with Gasteiger partial charge in [0.25, 0.3) is 7.82 Å². The molecule has 0 amide bonds. The summed E-state index contributed by atoms with van der Waals surface area (Å²) in [7, 11) is 1.14. The third-order valence-corrected chi connectivity index (χ3v) is 9.79. The Morgan fingerprint density at radius 2 is 1.00 bits per heavy atom. The molecule has 2 atom stereocenters. The zero-order valence-electron chi connectivity index (χ0n) is 35.2. The van der Waals surface area contributed by atoms with Gasteiger partial charge in [-0.2, -0.15) is 0 Å². The van der Waals surface area contributed by atoms with E-state index in [0.717, 1.165) is 77.0 Å². The predicted molar refractivity (Wildman–Crippen MR) is 222 cm³/mol. The Bertz CT molecular complexity index is 1070. The van der Waals surface area contributed by atoms with Gasteiger partial charge in [0, 0.05) is 12.8 Å². The molecule has 0 N–H and O–H groups in total. The fourth-order valence-electron chi connectivity index (χ4n) is 5.42. The van der Waals surface area contributed by atoms with Crippen LogP contribution in [-0.2, 0) is 32.7 Å². The molecular weight excluding hydrogens is 701 g/mol. The van der Waals surface area contributed by atoms with Crippen molar-refractivity contribution in [2.45, 2.75) is 174 Å². The maximum absolute atomic E-state index is 12.6. The Kier molecular flexibility index (Phi) is 35.2. The lowest BCUT2D eigenvalue weighted by atomic mass is 10.1. The second-order valence-electron chi connectivity index (χ2n) is 15.3. The van der Waals surface area contributed by atoms with Gasteiger partial charge in [-0.15, -0.1) is 0 Å². The van der Waals surface area contributed by atoms with Gasteiger partial charge in [0.1, 0.15) is 19.8 Å². The van der Waals surface area contributed by atoms with Crippen LogP contribution in [0.3, 0.4) is 0 Å². The lowest BCUT2D eigenvalue weighted by Gasteiger charge is -2.28. The van der Waals surface area contributed by atoms with Gasteiger partial charge < -0.3 is 27.9 Å². The van der Waals surface area contributed by atoms with Gasteiger partial charge in [-0.05, 0) is 77.0 Å². The predicted octanol–water partition coefficient (Wildman–Crippen LogP) is 11.3. The van der Waals surface area contributed by atoms with Crippen LogP contribution in [0, 0.1) is 0 Å². The highest BCUT2D eigenvalue weighted by Gasteiger charge is 2.21. The number of carbonyl (C=O) groups excluding carboxylic acids is 2. The minimum atomic E-state index is -4.63. The van der Waals surface area contributed by atoms with Gasteiger partial charge in [-0.1, -0.05) is 127 Å². The van der Waals surface area contributed by atoms with Crippen molar-refractivity contribution in [1.29, 1.82) is 0 Å². The molecule has 0 aromatic heterocycles. The summed E-state index contributed by atoms with van der Waals surface area (Å²) in [5.74, 6) is -0.870. The number of hydrogen-bond donors (Lipinski definition) is 0. The van der Waals surface area contributed by atoms with Crippen LogP contribution in [0.15, 0.2) is 48.6 Å². The molecular formula is C44H80NO8P. The number of hydrogen-bond acceptors (Lipinski definition) is 8. The van der Waals surface area contributed by atoms with Gasteiger partial charge in [0.15, 0.2) is 6.10 Å². The first-order valence-corrected chi connectivity index (χ1v) is 22.8. The number of allylic oxidation sites excluding steroid dienone is 8. The van der Waals surface area contributed by atoms with Gasteiger partial charge in [-0.3, -0.25) is 14.2 Å². The molecule has 54 heavy (non-hydrogen) atoms. The smallest absolute Gasteiger partial charge is 0.306 e. The number of esters is 2. The first-order chi connectivity index (χ1) is 26.0. The molecule has 0 saturated carbocycles. The largest absolute Gasteiger partial charge is 0.756 e. The van der Waals surface area contributed by atoms with Crippen molar-refractivity contribution in [3.8, 4) is 0 Å². The second-order valence-corrected chi connectivity index (χ2v) is 16.8. The average molecular weight is 782 g/mol. The van der Waals surface area contributed by atoms with Crippen LogP contribution >= 0.6 is 7.82 Å². The number of quaternary nitrogens is 1. The Morgan fingerprint density at radius 3 is 1.46 bits per heavy atom. The average Bonchev–Trinajstić information content (AvgIpc) is 3.12. The van der Waals surface area contributed by atoms with Gasteiger partial charge in [0.05, 0.1) is 27.7 Å². The van der Waals surface area contributed by atoms with Gasteiger partial charge in [0.2, 0.25) is 0 Å². The molecule has 2 unspecified atom stereocenters. The summed E-state index contributed by atoms with van der Waals surface area (Å²) in [6.07, 6.45) is 41.3. The minimum Gasteiger partial charge on any atom is -0.756 e. The summed E-state index contributed by atoms with van der Waals surface area (Å²) in [6.45, 7) is 4.13. The summed E-state index contributed by atoms with van der Waals surface area (Å²) in [4.78, 5) is 37.5. The SMILES string of the molecule is CCCCC/C=C/C/C=C/CCCCCCCC(=O)OCC(COP(=O)([O-])OCC[N+](C)(C)C)OC(=O)CCCCCCC/C=C/C/C=C/CCCCC. The molecule has 0 radical (unpaired) electrons. The van der Waals surface area contributed by atoms with E-state index in [1.165, 1.54) is 51.4 Å². The van der Waals surface area contributed by atoms with E-state index in [0.29, 0.717) is 23.9 Å². The van der Waals surface area contributed by atoms with Crippen LogP contribution < -0.4 is 4.89 Å². The third kappa shape index (κ3) is 39.7. The summed E-state index contributed by atoms with van der Waals surface area (Å²) in [6, 6.07) is 0. The number of rotatable bonds is 38. The first-order valence-electron chi connectivity index (χ1n) is 21.3. The van der Waals surface area contributed by atoms with Crippen molar-refractivity contribution in [3.63, 3.8) is 0 Å². The molecule has 9 nitrogen and oxygen atoms in total. The van der Waals surface area contributed by atoms with Crippen molar-refractivity contribution >= 4 is 19.8 Å². The lowest BCUT2D eigenvalue weighted by molar-refractivity contribution is -0.870. The molecule has 0 saturated heterocycles. The number of phosphoric ester groups is 1. The topological polar surface area (TPSA) is 111 Å². The molecule has 0 bridgehead atoms. The highest BCUT2D eigenvalue weighted by atomic mass is 31.2. The van der Waals surface area contributed by atoms with E-state index < -0.39 is 32.5 Å². The normalized spacial score (nSPS) is 14.1. The maximum atomic E-state index is 12.6. The third-order valence-electron chi connectivity index (χ3n) is 8.82. The van der Waals surface area contributed by atoms with Gasteiger partial charge >= 0.3 is 11.9 Å². The number of carbonyl (C=O) groups is 2. The molecule has 0 fully saturated rings. The number of ether oxygens (including phenoxy) is 2. The maximum Gasteiger partial charge on any atom is 0.306 e. The zero-order chi connectivity index (χ0) is 40.0. The number of unbranched alkanes of at least 4 members (excludes halogenated alkanes) is 16. The molecule has 0 rings (SSSR count). The van der Waals surface area contributed by atoms with Crippen LogP contribution in [0.4, 0.5) is 0 Å². The van der Waals surface area contributed by atoms with E-state index in [1.807, 2.05) is 21.1 Å². The Labute approximate surface area is 331 Å². The molecule has 0 aromatic carbocycles. The van der Waals surface area contributed by atoms with Gasteiger partial charge in [-0.25, -0.2) is 0 Å². The molecule has 0 aliphatic carbocycles. The van der Waals surface area contributed by atoms with Crippen LogP contribution in [0.1, 0.15) is 168 Å². The first kappa shape index (κ1) is 52.0. The lowest BCUT2D eigenvalue weighted by Crippen LogP contribution is -2.37. The van der Waals surface area contributed by atoms with E-state index >= 15 is 0 Å². The summed E-state index contributed by atoms with van der Waals surface area (Å²) in [5.41, 5.74) is 0. The standard InChI is InChI=1S/C44H80NO8P/c1-6-8-10-12-14-16-18-20-22-24-26-28-30-32-34-36-43(46)50-40-42(41-52-54(48,49)51-39-38-45(3,4)5)53-44(47)37-35-33-31-29-27-25-23-21-19-17-15-13-11-9-7-2/h14-17,20-23,42H,6-13,18-19,24-41H2,1-5H3/b16-14+,17-15+,22-20+,23-21+. The van der Waals surface area contributed by atoms with Crippen LogP contribution in [-0.4, -0.2) is 70.0 Å². The fraction of sp³-hybridized carbons (Fsp3) is 0.773. The molecule has 10 heteroatoms. The molecule has 0 heterocycles. The monoisotopic (exact) mass is 782 g/mol. The number of nitrogens with zero attached hydrogens (tertiary/aromatic N) is 1. The molecule has 0 aliphatic rings. The number of likely N-dealkylation sites (N-methyl/N-ethyl adjacent to an activating group) is 1. The molecule has 0 spiro atoms. The van der Waals surface area contributed by atoms with E-state index in [4.69, 9.17) is 18.5 Å². The van der Waals surface area contributed by atoms with E-state index in [2.05, 4.69) is 62.5 Å². The minimum absolute atomic E-state index is 0.0376. The highest BCUT2D eigenvalue weighted by Crippen LogP contribution is 2.38. The van der Waals surface area contributed by atoms with Crippen molar-refractivity contribution in [1.82, 2.24) is 0 Å². The van der Waals surface area contributed by atoms with Crippen molar-refractivity contribution in [2.24, 2.45) is 0 Å². The van der Waals surface area contributed by atoms with E-state index in [9.17, 15) is 19.0 Å². The van der Waals surface area contributed by atoms with Crippen molar-refractivity contribution in [3.05, 3.63) is 48.6 Å². The number of phosphoric acid groups is 1. The van der Waals surface area contributed by atoms with E-state index in [-0.39, 0.29) is 26.1 Å². The summed E-state index contributed by atoms with van der Waals surface area (Å²) in [5, 5.41) is 0. The highest BCUT2D eigenvalue weighted by molar-refractivity contribution is 7.45. The zero-order valence-corrected chi connectivity index (χ0v) is 36.0. The second kappa shape index (κ2) is 36.6. The quantitative estimate of drug-likeness (QED) is 0.0200. The molecule has 0 aliphatic heterocycles. The Balaban J connectivity index is 4.44. The molecule has 314 valence electrons. The van der Waals surface area contributed by atoms with Crippen LogP contribution in [0.25, 0.3) is 0 Å². The Hall–Kier alpha value is -2.03.